The van der Waals surface area contributed by atoms with Gasteiger partial charge in [0, 0.05) is 12.1 Å². The molecule has 0 spiro atoms. The Morgan fingerprint density at radius 2 is 2.29 bits per heavy atom. The molecule has 0 amide bonds. The normalized spacial score (nSPS) is 20.1. The van der Waals surface area contributed by atoms with Crippen molar-refractivity contribution in [2.24, 2.45) is 0 Å². The average Bonchev–Trinajstić information content (AvgIpc) is 2.00. The van der Waals surface area contributed by atoms with Gasteiger partial charge in [-0.2, -0.15) is 0 Å². The minimum absolute atomic E-state index is 0.0162. The van der Waals surface area contributed by atoms with Gasteiger partial charge in [0.05, 0.1) is 10.5 Å². The minimum Gasteiger partial charge on any atom is -0.508 e. The summed E-state index contributed by atoms with van der Waals surface area (Å²) >= 11 is 0. The van der Waals surface area contributed by atoms with Gasteiger partial charge in [-0.15, -0.1) is 0 Å². The largest absolute Gasteiger partial charge is 0.508 e. The summed E-state index contributed by atoms with van der Waals surface area (Å²) in [7, 11) is 0. The van der Waals surface area contributed by atoms with Crippen LogP contribution in [-0.4, -0.2) is 16.6 Å². The first-order valence-electron chi connectivity index (χ1n) is 4.39. The van der Waals surface area contributed by atoms with Crippen LogP contribution in [-0.2, 0) is 0 Å². The lowest BCUT2D eigenvalue weighted by Crippen LogP contribution is -2.35. The van der Waals surface area contributed by atoms with Crippen LogP contribution in [0.2, 0.25) is 0 Å². The molecule has 0 aromatic heterocycles. The monoisotopic (exact) mass is 194 g/mol. The number of hydrogen-bond donors (Lipinski definition) is 2. The van der Waals surface area contributed by atoms with Crippen LogP contribution in [0.5, 0.6) is 5.75 Å². The molecule has 5 nitrogen and oxygen atoms in total. The molecule has 1 saturated heterocycles. The number of rotatable bonds is 2. The number of phenolic OH excluding ortho intramolecular Hbond substituents is 1. The molecule has 5 heteroatoms. The highest BCUT2D eigenvalue weighted by Gasteiger charge is 2.26. The molecule has 0 unspecified atom stereocenters. The van der Waals surface area contributed by atoms with Crippen LogP contribution in [0.25, 0.3) is 0 Å². The van der Waals surface area contributed by atoms with Crippen molar-refractivity contribution in [3.05, 3.63) is 33.9 Å². The van der Waals surface area contributed by atoms with Gasteiger partial charge in [-0.3, -0.25) is 10.1 Å². The summed E-state index contributed by atoms with van der Waals surface area (Å²) in [4.78, 5) is 10.3. The van der Waals surface area contributed by atoms with Crippen molar-refractivity contribution in [1.29, 1.82) is 0 Å². The zero-order valence-corrected chi connectivity index (χ0v) is 7.43. The average molecular weight is 194 g/mol. The summed E-state index contributed by atoms with van der Waals surface area (Å²) in [6, 6.07) is 4.14. The van der Waals surface area contributed by atoms with Crippen molar-refractivity contribution < 1.29 is 10.0 Å². The molecule has 0 saturated carbocycles. The Labute approximate surface area is 80.5 Å². The number of hydrogen-bond acceptors (Lipinski definition) is 4. The number of nitrogens with zero attached hydrogens (tertiary/aromatic N) is 1. The fourth-order valence-corrected chi connectivity index (χ4v) is 1.54. The van der Waals surface area contributed by atoms with E-state index in [0.29, 0.717) is 5.56 Å². The molecule has 1 aliphatic heterocycles. The van der Waals surface area contributed by atoms with Crippen LogP contribution in [0.3, 0.4) is 0 Å². The summed E-state index contributed by atoms with van der Waals surface area (Å²) in [5.41, 5.74) is 0.640. The Balaban J connectivity index is 2.42. The Morgan fingerprint density at radius 1 is 1.57 bits per heavy atom. The summed E-state index contributed by atoms with van der Waals surface area (Å²) in [6.07, 6.45) is 0.879. The number of benzene rings is 1. The quantitative estimate of drug-likeness (QED) is 0.550. The number of nitro benzene ring substituents is 1. The van der Waals surface area contributed by atoms with Gasteiger partial charge >= 0.3 is 0 Å². The van der Waals surface area contributed by atoms with E-state index < -0.39 is 4.92 Å². The Hall–Kier alpha value is -1.62. The van der Waals surface area contributed by atoms with Gasteiger partial charge in [0.2, 0.25) is 0 Å². The fourth-order valence-electron chi connectivity index (χ4n) is 1.54. The molecule has 0 aliphatic carbocycles. The second-order valence-electron chi connectivity index (χ2n) is 3.30. The molecule has 0 bridgehead atoms. The molecule has 2 rings (SSSR count). The van der Waals surface area contributed by atoms with E-state index in [1.807, 2.05) is 0 Å². The van der Waals surface area contributed by atoms with Gasteiger partial charge in [-0.1, -0.05) is 0 Å². The first-order valence-corrected chi connectivity index (χ1v) is 4.39. The lowest BCUT2D eigenvalue weighted by molar-refractivity contribution is -0.385. The zero-order valence-electron chi connectivity index (χ0n) is 7.43. The highest BCUT2D eigenvalue weighted by Crippen LogP contribution is 2.33. The zero-order chi connectivity index (χ0) is 10.1. The molecule has 1 heterocycles. The third-order valence-corrected chi connectivity index (χ3v) is 2.41. The summed E-state index contributed by atoms with van der Waals surface area (Å²) < 4.78 is 0. The van der Waals surface area contributed by atoms with Gasteiger partial charge in [0.15, 0.2) is 0 Å². The summed E-state index contributed by atoms with van der Waals surface area (Å²) in [5, 5.41) is 23.0. The first-order chi connectivity index (χ1) is 6.68. The van der Waals surface area contributed by atoms with E-state index in [9.17, 15) is 15.2 Å². The smallest absolute Gasteiger partial charge is 0.274 e. The second kappa shape index (κ2) is 3.26. The van der Waals surface area contributed by atoms with Crippen LogP contribution in [0.4, 0.5) is 5.69 Å². The van der Waals surface area contributed by atoms with Crippen LogP contribution in [0, 0.1) is 10.1 Å². The molecule has 1 aliphatic rings. The maximum absolute atomic E-state index is 10.7. The van der Waals surface area contributed by atoms with Crippen LogP contribution in [0.15, 0.2) is 18.2 Å². The second-order valence-corrected chi connectivity index (χ2v) is 3.30. The Morgan fingerprint density at radius 3 is 2.79 bits per heavy atom. The fraction of sp³-hybridized carbons (Fsp3) is 0.333. The number of aromatic hydroxyl groups is 1. The number of nitrogens with one attached hydrogen (secondary N) is 1. The molecule has 2 N–H and O–H groups in total. The molecule has 1 aromatic carbocycles. The van der Waals surface area contributed by atoms with Gasteiger partial charge in [0.25, 0.3) is 5.69 Å². The maximum atomic E-state index is 10.7. The Bertz CT molecular complexity index is 374. The van der Waals surface area contributed by atoms with Crippen LogP contribution >= 0.6 is 0 Å². The third-order valence-electron chi connectivity index (χ3n) is 2.41. The van der Waals surface area contributed by atoms with Gasteiger partial charge in [0.1, 0.15) is 5.75 Å². The van der Waals surface area contributed by atoms with Crippen molar-refractivity contribution in [2.45, 2.75) is 12.5 Å². The minimum atomic E-state index is -0.422. The molecule has 0 radical (unpaired) electrons. The van der Waals surface area contributed by atoms with E-state index in [0.717, 1.165) is 13.0 Å². The van der Waals surface area contributed by atoms with Crippen LogP contribution < -0.4 is 5.32 Å². The predicted molar refractivity (Wildman–Crippen MR) is 50.1 cm³/mol. The van der Waals surface area contributed by atoms with Crippen molar-refractivity contribution in [1.82, 2.24) is 5.32 Å². The van der Waals surface area contributed by atoms with Crippen LogP contribution in [0.1, 0.15) is 18.0 Å². The molecule has 1 atom stereocenters. The lowest BCUT2D eigenvalue weighted by atomic mass is 9.96. The molecular weight excluding hydrogens is 184 g/mol. The molecular formula is C9H10N2O3. The van der Waals surface area contributed by atoms with Gasteiger partial charge in [-0.05, 0) is 25.1 Å². The standard InChI is InChI=1S/C9H10N2O3/c12-6-1-2-9(11(13)14)7(5-6)8-3-4-10-8/h1-2,5,8,10,12H,3-4H2/t8-/m0/s1. The van der Waals surface area contributed by atoms with Crippen molar-refractivity contribution in [3.63, 3.8) is 0 Å². The van der Waals surface area contributed by atoms with E-state index in [4.69, 9.17) is 0 Å². The van der Waals surface area contributed by atoms with Crippen molar-refractivity contribution in [3.8, 4) is 5.75 Å². The Kier molecular flexibility index (Phi) is 2.09. The predicted octanol–water partition coefficient (Wildman–Crippen LogP) is 1.33. The molecule has 1 aromatic rings. The van der Waals surface area contributed by atoms with E-state index in [1.54, 1.807) is 0 Å². The van der Waals surface area contributed by atoms with Crippen molar-refractivity contribution >= 4 is 5.69 Å². The topological polar surface area (TPSA) is 75.4 Å². The number of phenols is 1. The molecule has 14 heavy (non-hydrogen) atoms. The highest BCUT2D eigenvalue weighted by molar-refractivity contribution is 5.47. The maximum Gasteiger partial charge on any atom is 0.274 e. The highest BCUT2D eigenvalue weighted by atomic mass is 16.6. The van der Waals surface area contributed by atoms with E-state index >= 15 is 0 Å². The molecule has 1 fully saturated rings. The van der Waals surface area contributed by atoms with E-state index in [2.05, 4.69) is 5.32 Å². The summed E-state index contributed by atoms with van der Waals surface area (Å²) in [6.45, 7) is 0.872. The van der Waals surface area contributed by atoms with E-state index in [1.165, 1.54) is 18.2 Å². The first kappa shape index (κ1) is 8.96. The van der Waals surface area contributed by atoms with E-state index in [-0.39, 0.29) is 17.5 Å². The molecule has 74 valence electrons. The van der Waals surface area contributed by atoms with Gasteiger partial charge in [-0.25, -0.2) is 0 Å². The lowest BCUT2D eigenvalue weighted by Gasteiger charge is -2.27. The number of nitro groups is 1. The van der Waals surface area contributed by atoms with Gasteiger partial charge < -0.3 is 10.4 Å². The summed E-state index contributed by atoms with van der Waals surface area (Å²) in [5.74, 6) is 0.0688. The SMILES string of the molecule is O=[N+]([O-])c1ccc(O)cc1[C@@H]1CCN1. The van der Waals surface area contributed by atoms with Crippen molar-refractivity contribution in [2.75, 3.05) is 6.54 Å². The third kappa shape index (κ3) is 1.42.